The number of amides is 1. The summed E-state index contributed by atoms with van der Waals surface area (Å²) in [6, 6.07) is 8.19. The van der Waals surface area contributed by atoms with Crippen molar-refractivity contribution in [2.75, 3.05) is 26.8 Å². The van der Waals surface area contributed by atoms with Gasteiger partial charge in [0, 0.05) is 32.6 Å². The van der Waals surface area contributed by atoms with E-state index >= 15 is 0 Å². The van der Waals surface area contributed by atoms with Crippen LogP contribution in [0, 0.1) is 5.41 Å². The monoisotopic (exact) mass is 342 g/mol. The molecule has 1 aromatic heterocycles. The molecule has 0 bridgehead atoms. The number of piperidine rings is 1. The van der Waals surface area contributed by atoms with Crippen molar-refractivity contribution in [3.8, 4) is 0 Å². The first kappa shape index (κ1) is 17.6. The Hall–Kier alpha value is -2.18. The first-order valence-electron chi connectivity index (χ1n) is 8.74. The molecule has 1 aliphatic rings. The predicted molar refractivity (Wildman–Crippen MR) is 96.0 cm³/mol. The summed E-state index contributed by atoms with van der Waals surface area (Å²) in [5, 5.41) is 6.46. The molecule has 2 heterocycles. The maximum absolute atomic E-state index is 12.9. The lowest BCUT2D eigenvalue weighted by Gasteiger charge is -2.35. The molecule has 1 fully saturated rings. The summed E-state index contributed by atoms with van der Waals surface area (Å²) >= 11 is 0. The van der Waals surface area contributed by atoms with Gasteiger partial charge < -0.3 is 19.9 Å². The Morgan fingerprint density at radius 2 is 2.08 bits per heavy atom. The Kier molecular flexibility index (Phi) is 5.83. The lowest BCUT2D eigenvalue weighted by Crippen LogP contribution is -2.50. The van der Waals surface area contributed by atoms with E-state index in [0.29, 0.717) is 13.2 Å². The summed E-state index contributed by atoms with van der Waals surface area (Å²) < 4.78 is 7.38. The van der Waals surface area contributed by atoms with Crippen LogP contribution >= 0.6 is 0 Å². The van der Waals surface area contributed by atoms with Gasteiger partial charge in [0.25, 0.3) is 0 Å². The molecule has 0 saturated carbocycles. The average Bonchev–Trinajstić information content (AvgIpc) is 3.15. The standard InChI is InChI=1S/C19H26N4O2/c1-25-14-19(6-8-20-9-7-19)18(24)22-12-16-4-2-3-5-17(16)13-23-11-10-21-15-23/h2-5,10-11,15,20H,6-9,12-14H2,1H3,(H,22,24). The van der Waals surface area contributed by atoms with Gasteiger partial charge >= 0.3 is 0 Å². The highest BCUT2D eigenvalue weighted by Gasteiger charge is 2.39. The summed E-state index contributed by atoms with van der Waals surface area (Å²) in [6.45, 7) is 3.46. The molecule has 6 nitrogen and oxygen atoms in total. The minimum absolute atomic E-state index is 0.0910. The van der Waals surface area contributed by atoms with E-state index in [0.717, 1.165) is 38.0 Å². The number of ether oxygens (including phenoxy) is 1. The predicted octanol–water partition coefficient (Wildman–Crippen LogP) is 1.56. The van der Waals surface area contributed by atoms with Gasteiger partial charge in [0.05, 0.1) is 18.3 Å². The van der Waals surface area contributed by atoms with E-state index in [2.05, 4.69) is 27.8 Å². The van der Waals surface area contributed by atoms with Crippen LogP contribution in [0.2, 0.25) is 0 Å². The van der Waals surface area contributed by atoms with E-state index in [1.54, 1.807) is 19.6 Å². The minimum Gasteiger partial charge on any atom is -0.384 e. The van der Waals surface area contributed by atoms with Crippen molar-refractivity contribution in [1.29, 1.82) is 0 Å². The molecular weight excluding hydrogens is 316 g/mol. The number of nitrogens with zero attached hydrogens (tertiary/aromatic N) is 2. The summed E-state index contributed by atoms with van der Waals surface area (Å²) in [7, 11) is 1.66. The van der Waals surface area contributed by atoms with Crippen molar-refractivity contribution in [3.63, 3.8) is 0 Å². The van der Waals surface area contributed by atoms with Gasteiger partial charge in [0.1, 0.15) is 0 Å². The van der Waals surface area contributed by atoms with Crippen LogP contribution in [0.15, 0.2) is 43.0 Å². The molecule has 134 valence electrons. The Labute approximate surface area is 148 Å². The topological polar surface area (TPSA) is 68.2 Å². The van der Waals surface area contributed by atoms with E-state index in [-0.39, 0.29) is 5.91 Å². The van der Waals surface area contributed by atoms with E-state index in [9.17, 15) is 4.79 Å². The zero-order valence-electron chi connectivity index (χ0n) is 14.7. The van der Waals surface area contributed by atoms with Gasteiger partial charge in [-0.05, 0) is 37.1 Å². The Morgan fingerprint density at radius 1 is 1.32 bits per heavy atom. The van der Waals surface area contributed by atoms with E-state index in [1.807, 2.05) is 22.9 Å². The molecule has 0 spiro atoms. The van der Waals surface area contributed by atoms with Gasteiger partial charge in [0.2, 0.25) is 5.91 Å². The highest BCUT2D eigenvalue weighted by molar-refractivity contribution is 5.83. The smallest absolute Gasteiger partial charge is 0.228 e. The molecule has 1 aromatic carbocycles. The van der Waals surface area contributed by atoms with Crippen LogP contribution in [0.3, 0.4) is 0 Å². The molecule has 6 heteroatoms. The normalized spacial score (nSPS) is 16.5. The number of carbonyl (C=O) groups excluding carboxylic acids is 1. The van der Waals surface area contributed by atoms with Gasteiger partial charge in [-0.3, -0.25) is 4.79 Å². The van der Waals surface area contributed by atoms with Gasteiger partial charge in [-0.25, -0.2) is 4.98 Å². The molecular formula is C19H26N4O2. The lowest BCUT2D eigenvalue weighted by molar-refractivity contribution is -0.136. The fourth-order valence-electron chi connectivity index (χ4n) is 3.44. The second-order valence-corrected chi connectivity index (χ2v) is 6.65. The van der Waals surface area contributed by atoms with Crippen LogP contribution in [-0.4, -0.2) is 42.3 Å². The zero-order chi connectivity index (χ0) is 17.5. The second-order valence-electron chi connectivity index (χ2n) is 6.65. The maximum atomic E-state index is 12.9. The highest BCUT2D eigenvalue weighted by atomic mass is 16.5. The van der Waals surface area contributed by atoms with Crippen LogP contribution in [0.25, 0.3) is 0 Å². The summed E-state index contributed by atoms with van der Waals surface area (Å²) in [5.74, 6) is 0.0910. The number of benzene rings is 1. The second kappa shape index (κ2) is 8.27. The fourth-order valence-corrected chi connectivity index (χ4v) is 3.44. The van der Waals surface area contributed by atoms with Crippen LogP contribution in [-0.2, 0) is 22.6 Å². The number of aromatic nitrogens is 2. The van der Waals surface area contributed by atoms with Crippen molar-refractivity contribution in [3.05, 3.63) is 54.1 Å². The summed E-state index contributed by atoms with van der Waals surface area (Å²) in [4.78, 5) is 17.0. The number of carbonyl (C=O) groups is 1. The third-order valence-electron chi connectivity index (χ3n) is 4.93. The number of rotatable bonds is 7. The SMILES string of the molecule is COCC1(C(=O)NCc2ccccc2Cn2ccnc2)CCNCC1. The number of hydrogen-bond donors (Lipinski definition) is 2. The third kappa shape index (κ3) is 4.27. The molecule has 25 heavy (non-hydrogen) atoms. The third-order valence-corrected chi connectivity index (χ3v) is 4.93. The fraction of sp³-hybridized carbons (Fsp3) is 0.474. The van der Waals surface area contributed by atoms with Gasteiger partial charge in [-0.15, -0.1) is 0 Å². The molecule has 1 saturated heterocycles. The van der Waals surface area contributed by atoms with Gasteiger partial charge in [0.15, 0.2) is 0 Å². The van der Waals surface area contributed by atoms with Gasteiger partial charge in [-0.2, -0.15) is 0 Å². The average molecular weight is 342 g/mol. The maximum Gasteiger partial charge on any atom is 0.228 e. The summed E-state index contributed by atoms with van der Waals surface area (Å²) in [6.07, 6.45) is 7.14. The summed E-state index contributed by atoms with van der Waals surface area (Å²) in [5.41, 5.74) is 1.90. The largest absolute Gasteiger partial charge is 0.384 e. The Morgan fingerprint density at radius 3 is 2.76 bits per heavy atom. The first-order chi connectivity index (χ1) is 12.2. The molecule has 0 aliphatic carbocycles. The van der Waals surface area contributed by atoms with Crippen molar-refractivity contribution in [1.82, 2.24) is 20.2 Å². The van der Waals surface area contributed by atoms with Crippen LogP contribution in [0.1, 0.15) is 24.0 Å². The van der Waals surface area contributed by atoms with Crippen LogP contribution < -0.4 is 10.6 Å². The minimum atomic E-state index is -0.417. The molecule has 1 amide bonds. The first-order valence-corrected chi connectivity index (χ1v) is 8.74. The van der Waals surface area contributed by atoms with Crippen molar-refractivity contribution < 1.29 is 9.53 Å². The zero-order valence-corrected chi connectivity index (χ0v) is 14.7. The number of hydrogen-bond acceptors (Lipinski definition) is 4. The molecule has 3 rings (SSSR count). The molecule has 0 unspecified atom stereocenters. The van der Waals surface area contributed by atoms with Crippen molar-refractivity contribution >= 4 is 5.91 Å². The van der Waals surface area contributed by atoms with E-state index < -0.39 is 5.41 Å². The van der Waals surface area contributed by atoms with Crippen LogP contribution in [0.5, 0.6) is 0 Å². The molecule has 1 aliphatic heterocycles. The Balaban J connectivity index is 1.67. The highest BCUT2D eigenvalue weighted by Crippen LogP contribution is 2.29. The van der Waals surface area contributed by atoms with Crippen molar-refractivity contribution in [2.45, 2.75) is 25.9 Å². The Bertz CT molecular complexity index is 673. The molecule has 0 radical (unpaired) electrons. The van der Waals surface area contributed by atoms with Crippen LogP contribution in [0.4, 0.5) is 0 Å². The number of methoxy groups -OCH3 is 1. The van der Waals surface area contributed by atoms with Gasteiger partial charge in [-0.1, -0.05) is 24.3 Å². The molecule has 2 aromatic rings. The number of nitrogens with one attached hydrogen (secondary N) is 2. The quantitative estimate of drug-likeness (QED) is 0.801. The van der Waals surface area contributed by atoms with E-state index in [1.165, 1.54) is 5.56 Å². The van der Waals surface area contributed by atoms with Crippen molar-refractivity contribution in [2.24, 2.45) is 5.41 Å². The lowest BCUT2D eigenvalue weighted by atomic mass is 9.78. The molecule has 0 atom stereocenters. The molecule has 2 N–H and O–H groups in total. The number of imidazole rings is 1. The van der Waals surface area contributed by atoms with E-state index in [4.69, 9.17) is 4.74 Å².